The van der Waals surface area contributed by atoms with Crippen molar-refractivity contribution in [3.63, 3.8) is 0 Å². The molecule has 1 aliphatic heterocycles. The van der Waals surface area contributed by atoms with E-state index in [4.69, 9.17) is 4.74 Å². The van der Waals surface area contributed by atoms with Gasteiger partial charge in [-0.05, 0) is 11.6 Å². The highest BCUT2D eigenvalue weighted by atomic mass is 16.6. The zero-order chi connectivity index (χ0) is 20.1. The quantitative estimate of drug-likeness (QED) is 0.578. The number of anilines is 1. The minimum absolute atomic E-state index is 0.0484. The van der Waals surface area contributed by atoms with Crippen molar-refractivity contribution < 1.29 is 19.6 Å². The monoisotopic (exact) mass is 385 g/mol. The lowest BCUT2D eigenvalue weighted by Crippen LogP contribution is -2.53. The average Bonchev–Trinajstić information content (AvgIpc) is 2.68. The van der Waals surface area contributed by atoms with E-state index in [0.29, 0.717) is 37.6 Å². The molecule has 0 radical (unpaired) electrons. The van der Waals surface area contributed by atoms with Gasteiger partial charge in [0.25, 0.3) is 5.69 Å². The van der Waals surface area contributed by atoms with Crippen molar-refractivity contribution in [1.29, 1.82) is 0 Å². The van der Waals surface area contributed by atoms with E-state index in [1.165, 1.54) is 13.2 Å². The van der Waals surface area contributed by atoms with Gasteiger partial charge in [-0.2, -0.15) is 0 Å². The summed E-state index contributed by atoms with van der Waals surface area (Å²) in [5, 5.41) is 20.9. The van der Waals surface area contributed by atoms with Crippen molar-refractivity contribution >= 4 is 17.3 Å². The molecule has 0 saturated carbocycles. The molecule has 1 fully saturated rings. The molecule has 0 unspecified atom stereocenters. The SMILES string of the molecule is COc1ccc([N+](=O)[O-])c(N2CCN(Cc3ccccc3)C[C@H]2CC(=O)O)c1. The number of nitro groups is 1. The van der Waals surface area contributed by atoms with Crippen LogP contribution < -0.4 is 9.64 Å². The van der Waals surface area contributed by atoms with Crippen LogP contribution in [0.4, 0.5) is 11.4 Å². The number of hydrogen-bond donors (Lipinski definition) is 1. The second-order valence-corrected chi connectivity index (χ2v) is 6.78. The fourth-order valence-electron chi connectivity index (χ4n) is 3.61. The first-order chi connectivity index (χ1) is 13.5. The summed E-state index contributed by atoms with van der Waals surface area (Å²) in [5.74, 6) is -0.427. The molecule has 8 nitrogen and oxygen atoms in total. The first-order valence-electron chi connectivity index (χ1n) is 9.05. The van der Waals surface area contributed by atoms with Gasteiger partial charge in [0.2, 0.25) is 0 Å². The molecule has 8 heteroatoms. The number of nitro benzene ring substituents is 1. The summed E-state index contributed by atoms with van der Waals surface area (Å²) in [6.07, 6.45) is -0.0976. The number of hydrogen-bond acceptors (Lipinski definition) is 6. The van der Waals surface area contributed by atoms with Crippen LogP contribution in [0.2, 0.25) is 0 Å². The highest BCUT2D eigenvalue weighted by molar-refractivity contribution is 5.71. The first-order valence-corrected chi connectivity index (χ1v) is 9.05. The van der Waals surface area contributed by atoms with Crippen molar-refractivity contribution in [3.05, 3.63) is 64.2 Å². The third-order valence-corrected chi connectivity index (χ3v) is 4.91. The average molecular weight is 385 g/mol. The van der Waals surface area contributed by atoms with Crippen LogP contribution in [0.3, 0.4) is 0 Å². The molecule has 0 amide bonds. The predicted octanol–water partition coefficient (Wildman–Crippen LogP) is 2.77. The summed E-state index contributed by atoms with van der Waals surface area (Å²) in [7, 11) is 1.50. The second-order valence-electron chi connectivity index (χ2n) is 6.78. The Hall–Kier alpha value is -3.13. The van der Waals surface area contributed by atoms with Gasteiger partial charge in [-0.1, -0.05) is 30.3 Å². The van der Waals surface area contributed by atoms with Gasteiger partial charge in [0.05, 0.1) is 24.5 Å². The van der Waals surface area contributed by atoms with Crippen molar-refractivity contribution in [1.82, 2.24) is 4.90 Å². The highest BCUT2D eigenvalue weighted by Gasteiger charge is 2.32. The number of rotatable bonds is 7. The molecule has 3 rings (SSSR count). The number of nitrogens with zero attached hydrogens (tertiary/aromatic N) is 3. The Morgan fingerprint density at radius 3 is 2.64 bits per heavy atom. The minimum atomic E-state index is -0.929. The maximum absolute atomic E-state index is 11.5. The molecule has 1 N–H and O–H groups in total. The van der Waals surface area contributed by atoms with Crippen LogP contribution in [0.15, 0.2) is 48.5 Å². The lowest BCUT2D eigenvalue weighted by atomic mass is 10.0. The number of carboxylic acids is 1. The smallest absolute Gasteiger partial charge is 0.305 e. The third-order valence-electron chi connectivity index (χ3n) is 4.91. The lowest BCUT2D eigenvalue weighted by Gasteiger charge is -2.42. The standard InChI is InChI=1S/C20H23N3O5/c1-28-17-7-8-18(23(26)27)19(12-17)22-10-9-21(14-16(22)11-20(24)25)13-15-5-3-2-4-6-15/h2-8,12,16H,9-11,13-14H2,1H3,(H,24,25)/t16-/m1/s1. The number of carboxylic acid groups (broad SMARTS) is 1. The summed E-state index contributed by atoms with van der Waals surface area (Å²) in [6, 6.07) is 14.1. The highest BCUT2D eigenvalue weighted by Crippen LogP contribution is 2.35. The molecule has 148 valence electrons. The molecule has 1 atom stereocenters. The van der Waals surface area contributed by atoms with Crippen LogP contribution in [0.25, 0.3) is 0 Å². The summed E-state index contributed by atoms with van der Waals surface area (Å²) in [4.78, 5) is 26.5. The Labute approximate surface area is 163 Å². The number of aliphatic carboxylic acids is 1. The van der Waals surface area contributed by atoms with Crippen LogP contribution in [0.1, 0.15) is 12.0 Å². The van der Waals surface area contributed by atoms with Gasteiger partial charge in [0, 0.05) is 38.3 Å². The van der Waals surface area contributed by atoms with Crippen LogP contribution in [-0.4, -0.2) is 53.7 Å². The molecule has 2 aromatic rings. The molecular weight excluding hydrogens is 362 g/mol. The normalized spacial score (nSPS) is 17.3. The fraction of sp³-hybridized carbons (Fsp3) is 0.350. The van der Waals surface area contributed by atoms with Gasteiger partial charge >= 0.3 is 5.97 Å². The van der Waals surface area contributed by atoms with E-state index in [-0.39, 0.29) is 18.2 Å². The first kappa shape index (κ1) is 19.6. The maximum atomic E-state index is 11.5. The van der Waals surface area contributed by atoms with E-state index >= 15 is 0 Å². The molecule has 0 spiro atoms. The molecule has 1 heterocycles. The zero-order valence-electron chi connectivity index (χ0n) is 15.7. The van der Waals surface area contributed by atoms with Gasteiger partial charge in [-0.15, -0.1) is 0 Å². The molecular formula is C20H23N3O5. The summed E-state index contributed by atoms with van der Waals surface area (Å²) in [6.45, 7) is 2.40. The lowest BCUT2D eigenvalue weighted by molar-refractivity contribution is -0.384. The Kier molecular flexibility index (Phi) is 6.10. The molecule has 2 aromatic carbocycles. The summed E-state index contributed by atoms with van der Waals surface area (Å²) >= 11 is 0. The van der Waals surface area contributed by atoms with Crippen LogP contribution in [0.5, 0.6) is 5.75 Å². The van der Waals surface area contributed by atoms with E-state index in [0.717, 1.165) is 5.56 Å². The van der Waals surface area contributed by atoms with Gasteiger partial charge in [-0.3, -0.25) is 19.8 Å². The number of methoxy groups -OCH3 is 1. The topological polar surface area (TPSA) is 96.2 Å². The van der Waals surface area contributed by atoms with Gasteiger partial charge in [0.1, 0.15) is 11.4 Å². The Morgan fingerprint density at radius 1 is 1.25 bits per heavy atom. The van der Waals surface area contributed by atoms with Crippen LogP contribution >= 0.6 is 0 Å². The fourth-order valence-corrected chi connectivity index (χ4v) is 3.61. The molecule has 28 heavy (non-hydrogen) atoms. The van der Waals surface area contributed by atoms with E-state index < -0.39 is 10.9 Å². The maximum Gasteiger partial charge on any atom is 0.305 e. The molecule has 1 saturated heterocycles. The Bertz CT molecular complexity index is 843. The zero-order valence-corrected chi connectivity index (χ0v) is 15.7. The second kappa shape index (κ2) is 8.71. The van der Waals surface area contributed by atoms with Crippen molar-refractivity contribution in [3.8, 4) is 5.75 Å². The number of carbonyl (C=O) groups is 1. The van der Waals surface area contributed by atoms with Crippen LogP contribution in [0, 0.1) is 10.1 Å². The van der Waals surface area contributed by atoms with Gasteiger partial charge in [-0.25, -0.2) is 0 Å². The Balaban J connectivity index is 1.86. The van der Waals surface area contributed by atoms with Crippen molar-refractivity contribution in [2.24, 2.45) is 0 Å². The molecule has 0 bridgehead atoms. The van der Waals surface area contributed by atoms with Crippen molar-refractivity contribution in [2.75, 3.05) is 31.6 Å². The van der Waals surface area contributed by atoms with Crippen molar-refractivity contribution in [2.45, 2.75) is 19.0 Å². The largest absolute Gasteiger partial charge is 0.497 e. The molecule has 0 aromatic heterocycles. The predicted molar refractivity (Wildman–Crippen MR) is 105 cm³/mol. The number of benzene rings is 2. The summed E-state index contributed by atoms with van der Waals surface area (Å²) in [5.41, 5.74) is 1.50. The summed E-state index contributed by atoms with van der Waals surface area (Å²) < 4.78 is 5.22. The Morgan fingerprint density at radius 2 is 2.00 bits per heavy atom. The molecule has 0 aliphatic carbocycles. The molecule has 1 aliphatic rings. The van der Waals surface area contributed by atoms with Gasteiger partial charge < -0.3 is 14.7 Å². The van der Waals surface area contributed by atoms with E-state index in [1.54, 1.807) is 12.1 Å². The minimum Gasteiger partial charge on any atom is -0.497 e. The van der Waals surface area contributed by atoms with Gasteiger partial charge in [0.15, 0.2) is 0 Å². The number of ether oxygens (including phenoxy) is 1. The van der Waals surface area contributed by atoms with E-state index in [2.05, 4.69) is 4.90 Å². The van der Waals surface area contributed by atoms with E-state index in [9.17, 15) is 20.0 Å². The van der Waals surface area contributed by atoms with Crippen LogP contribution in [-0.2, 0) is 11.3 Å². The number of piperazine rings is 1. The third kappa shape index (κ3) is 4.58. The van der Waals surface area contributed by atoms with E-state index in [1.807, 2.05) is 35.2 Å².